The van der Waals surface area contributed by atoms with Gasteiger partial charge in [-0.1, -0.05) is 28.1 Å². The molecule has 4 nitrogen and oxygen atoms in total. The van der Waals surface area contributed by atoms with Crippen molar-refractivity contribution in [3.63, 3.8) is 0 Å². The molecule has 0 aliphatic heterocycles. The predicted octanol–water partition coefficient (Wildman–Crippen LogP) is 2.80. The summed E-state index contributed by atoms with van der Waals surface area (Å²) < 4.78 is 2.97. The zero-order valence-corrected chi connectivity index (χ0v) is 12.8. The molecule has 20 heavy (non-hydrogen) atoms. The second-order valence-electron chi connectivity index (χ2n) is 5.16. The summed E-state index contributed by atoms with van der Waals surface area (Å²) in [5.41, 5.74) is 1.04. The second kappa shape index (κ2) is 5.40. The van der Waals surface area contributed by atoms with Crippen molar-refractivity contribution in [2.45, 2.75) is 18.9 Å². The fraction of sp³-hybridized carbons (Fsp3) is 0.333. The van der Waals surface area contributed by atoms with Gasteiger partial charge in [0, 0.05) is 29.8 Å². The van der Waals surface area contributed by atoms with Gasteiger partial charge in [-0.3, -0.25) is 4.79 Å². The molecule has 1 saturated carbocycles. The third-order valence-electron chi connectivity index (χ3n) is 3.55. The Kier molecular flexibility index (Phi) is 3.61. The fourth-order valence-corrected chi connectivity index (χ4v) is 2.48. The highest BCUT2D eigenvalue weighted by Crippen LogP contribution is 2.31. The monoisotopic (exact) mass is 333 g/mol. The van der Waals surface area contributed by atoms with Crippen molar-refractivity contribution in [2.75, 3.05) is 0 Å². The lowest BCUT2D eigenvalue weighted by Gasteiger charge is -2.19. The van der Waals surface area contributed by atoms with Crippen molar-refractivity contribution in [1.82, 2.24) is 14.9 Å². The smallest absolute Gasteiger partial charge is 0.223 e. The highest BCUT2D eigenvalue weighted by molar-refractivity contribution is 9.10. The molecule has 1 atom stereocenters. The number of carbonyl (C=O) groups is 1. The Morgan fingerprint density at radius 1 is 1.40 bits per heavy atom. The second-order valence-corrected chi connectivity index (χ2v) is 6.08. The standard InChI is InChI=1S/C15H16BrN3O/c1-19-9-8-17-14(19)13(18-15(20)11-2-3-11)10-4-6-12(16)7-5-10/h4-9,11,13H,2-3H2,1H3,(H,18,20)/t13-/m0/s1. The maximum absolute atomic E-state index is 12.1. The van der Waals surface area contributed by atoms with Crippen molar-refractivity contribution >= 4 is 21.8 Å². The number of hydrogen-bond donors (Lipinski definition) is 1. The minimum atomic E-state index is -0.198. The Labute approximate surface area is 126 Å². The van der Waals surface area contributed by atoms with Crippen LogP contribution in [0, 0.1) is 5.92 Å². The van der Waals surface area contributed by atoms with E-state index in [4.69, 9.17) is 0 Å². The van der Waals surface area contributed by atoms with E-state index in [9.17, 15) is 4.79 Å². The van der Waals surface area contributed by atoms with E-state index in [1.807, 2.05) is 42.1 Å². The third-order valence-corrected chi connectivity index (χ3v) is 4.08. The van der Waals surface area contributed by atoms with E-state index in [1.54, 1.807) is 6.20 Å². The largest absolute Gasteiger partial charge is 0.342 e. The summed E-state index contributed by atoms with van der Waals surface area (Å²) in [6, 6.07) is 7.78. The SMILES string of the molecule is Cn1ccnc1[C@@H](NC(=O)C1CC1)c1ccc(Br)cc1. The Bertz CT molecular complexity index is 616. The van der Waals surface area contributed by atoms with Crippen LogP contribution in [0.1, 0.15) is 30.3 Å². The molecule has 104 valence electrons. The summed E-state index contributed by atoms with van der Waals surface area (Å²) in [5.74, 6) is 1.16. The van der Waals surface area contributed by atoms with Crippen LogP contribution in [0.5, 0.6) is 0 Å². The van der Waals surface area contributed by atoms with Crippen LogP contribution in [0.15, 0.2) is 41.1 Å². The molecule has 1 aromatic heterocycles. The Morgan fingerprint density at radius 2 is 2.10 bits per heavy atom. The number of halogens is 1. The van der Waals surface area contributed by atoms with E-state index in [1.165, 1.54) is 0 Å². The maximum atomic E-state index is 12.1. The maximum Gasteiger partial charge on any atom is 0.223 e. The first kappa shape index (κ1) is 13.4. The third kappa shape index (κ3) is 2.77. The van der Waals surface area contributed by atoms with Crippen LogP contribution in [0.4, 0.5) is 0 Å². The molecule has 1 aromatic carbocycles. The number of carbonyl (C=O) groups excluding carboxylic acids is 1. The molecule has 1 heterocycles. The van der Waals surface area contributed by atoms with Gasteiger partial charge in [-0.15, -0.1) is 0 Å². The molecule has 0 bridgehead atoms. The fourth-order valence-electron chi connectivity index (χ4n) is 2.21. The molecular formula is C15H16BrN3O. The van der Waals surface area contributed by atoms with E-state index in [-0.39, 0.29) is 17.9 Å². The van der Waals surface area contributed by atoms with Gasteiger partial charge in [-0.25, -0.2) is 4.98 Å². The van der Waals surface area contributed by atoms with Crippen molar-refractivity contribution < 1.29 is 4.79 Å². The summed E-state index contributed by atoms with van der Waals surface area (Å²) >= 11 is 3.43. The molecule has 0 radical (unpaired) electrons. The van der Waals surface area contributed by atoms with Gasteiger partial charge in [0.05, 0.1) is 0 Å². The molecule has 1 aliphatic rings. The minimum Gasteiger partial charge on any atom is -0.342 e. The minimum absolute atomic E-state index is 0.126. The molecule has 0 spiro atoms. The molecule has 5 heteroatoms. The number of aryl methyl sites for hydroxylation is 1. The van der Waals surface area contributed by atoms with E-state index in [2.05, 4.69) is 26.2 Å². The molecule has 1 N–H and O–H groups in total. The Balaban J connectivity index is 1.92. The molecule has 1 fully saturated rings. The average molecular weight is 334 g/mol. The average Bonchev–Trinajstić information content (AvgIpc) is 3.20. The number of rotatable bonds is 4. The van der Waals surface area contributed by atoms with Crippen LogP contribution in [-0.4, -0.2) is 15.5 Å². The normalized spacial score (nSPS) is 15.9. The highest BCUT2D eigenvalue weighted by Gasteiger charge is 2.32. The van der Waals surface area contributed by atoms with Gasteiger partial charge in [0.15, 0.2) is 0 Å². The van der Waals surface area contributed by atoms with Gasteiger partial charge >= 0.3 is 0 Å². The molecule has 2 aromatic rings. The van der Waals surface area contributed by atoms with E-state index < -0.39 is 0 Å². The van der Waals surface area contributed by atoms with Gasteiger partial charge in [-0.2, -0.15) is 0 Å². The van der Waals surface area contributed by atoms with Crippen LogP contribution < -0.4 is 5.32 Å². The molecule has 0 saturated heterocycles. The van der Waals surface area contributed by atoms with Gasteiger partial charge in [0.2, 0.25) is 5.91 Å². The van der Waals surface area contributed by atoms with Crippen molar-refractivity contribution in [3.8, 4) is 0 Å². The van der Waals surface area contributed by atoms with E-state index in [0.29, 0.717) is 0 Å². The Hall–Kier alpha value is -1.62. The van der Waals surface area contributed by atoms with Crippen LogP contribution in [-0.2, 0) is 11.8 Å². The summed E-state index contributed by atoms with van der Waals surface area (Å²) in [4.78, 5) is 16.5. The van der Waals surface area contributed by atoms with E-state index in [0.717, 1.165) is 28.7 Å². The number of hydrogen-bond acceptors (Lipinski definition) is 2. The van der Waals surface area contributed by atoms with Gasteiger partial charge < -0.3 is 9.88 Å². The number of nitrogens with one attached hydrogen (secondary N) is 1. The summed E-state index contributed by atoms with van der Waals surface area (Å²) in [5, 5.41) is 3.12. The first-order valence-electron chi connectivity index (χ1n) is 6.68. The quantitative estimate of drug-likeness (QED) is 0.935. The lowest BCUT2D eigenvalue weighted by Crippen LogP contribution is -2.32. The first-order valence-corrected chi connectivity index (χ1v) is 7.47. The molecule has 1 aliphatic carbocycles. The number of amides is 1. The number of imidazole rings is 1. The van der Waals surface area contributed by atoms with Crippen LogP contribution in [0.2, 0.25) is 0 Å². The number of nitrogens with zero attached hydrogens (tertiary/aromatic N) is 2. The van der Waals surface area contributed by atoms with Crippen LogP contribution in [0.25, 0.3) is 0 Å². The molecule has 3 rings (SSSR count). The summed E-state index contributed by atoms with van der Waals surface area (Å²) in [6.07, 6.45) is 5.65. The number of aromatic nitrogens is 2. The van der Waals surface area contributed by atoms with Gasteiger partial charge in [0.25, 0.3) is 0 Å². The van der Waals surface area contributed by atoms with Crippen LogP contribution >= 0.6 is 15.9 Å². The number of benzene rings is 1. The summed E-state index contributed by atoms with van der Waals surface area (Å²) in [6.45, 7) is 0. The molecular weight excluding hydrogens is 318 g/mol. The van der Waals surface area contributed by atoms with Gasteiger partial charge in [0.1, 0.15) is 11.9 Å². The zero-order chi connectivity index (χ0) is 14.1. The highest BCUT2D eigenvalue weighted by atomic mass is 79.9. The first-order chi connectivity index (χ1) is 9.65. The lowest BCUT2D eigenvalue weighted by atomic mass is 10.1. The summed E-state index contributed by atoms with van der Waals surface area (Å²) in [7, 11) is 1.94. The van der Waals surface area contributed by atoms with Gasteiger partial charge in [-0.05, 0) is 30.5 Å². The van der Waals surface area contributed by atoms with E-state index >= 15 is 0 Å². The molecule has 1 amide bonds. The zero-order valence-electron chi connectivity index (χ0n) is 11.2. The topological polar surface area (TPSA) is 46.9 Å². The Morgan fingerprint density at radius 3 is 2.65 bits per heavy atom. The van der Waals surface area contributed by atoms with Crippen molar-refractivity contribution in [2.24, 2.45) is 13.0 Å². The predicted molar refractivity (Wildman–Crippen MR) is 80.1 cm³/mol. The van der Waals surface area contributed by atoms with Crippen LogP contribution in [0.3, 0.4) is 0 Å². The molecule has 0 unspecified atom stereocenters. The lowest BCUT2D eigenvalue weighted by molar-refractivity contribution is -0.122. The van der Waals surface area contributed by atoms with Crippen molar-refractivity contribution in [3.05, 3.63) is 52.5 Å². The van der Waals surface area contributed by atoms with Crippen molar-refractivity contribution in [1.29, 1.82) is 0 Å².